The number of rotatable bonds is 4. The van der Waals surface area contributed by atoms with E-state index in [1.54, 1.807) is 18.7 Å². The molecule has 5 heteroatoms. The molecule has 0 amide bonds. The summed E-state index contributed by atoms with van der Waals surface area (Å²) in [4.78, 5) is 1.15. The van der Waals surface area contributed by atoms with Gasteiger partial charge in [-0.3, -0.25) is 0 Å². The molecule has 2 aromatic heterocycles. The molecule has 0 saturated heterocycles. The molecule has 4 nitrogen and oxygen atoms in total. The highest BCUT2D eigenvalue weighted by Crippen LogP contribution is 2.19. The Morgan fingerprint density at radius 1 is 1.64 bits per heavy atom. The third-order valence-electron chi connectivity index (χ3n) is 2.09. The number of hydrogen-bond acceptors (Lipinski definition) is 5. The first-order valence-electron chi connectivity index (χ1n) is 4.35. The van der Waals surface area contributed by atoms with Crippen LogP contribution in [0.25, 0.3) is 0 Å². The number of hydrogen-bond donors (Lipinski definition) is 1. The van der Waals surface area contributed by atoms with Crippen LogP contribution in [0, 0.1) is 0 Å². The SMILES string of the molecule is CNC(Cc1ccoc1)c1cnns1. The molecule has 0 radical (unpaired) electrons. The van der Waals surface area contributed by atoms with Gasteiger partial charge in [-0.2, -0.15) is 0 Å². The van der Waals surface area contributed by atoms with E-state index < -0.39 is 0 Å². The van der Waals surface area contributed by atoms with E-state index in [0.29, 0.717) is 0 Å². The minimum atomic E-state index is 0.271. The molecule has 1 N–H and O–H groups in total. The zero-order chi connectivity index (χ0) is 9.80. The van der Waals surface area contributed by atoms with Crippen LogP contribution in [0.4, 0.5) is 0 Å². The molecule has 0 aliphatic rings. The van der Waals surface area contributed by atoms with Crippen molar-refractivity contribution in [2.24, 2.45) is 0 Å². The molecule has 14 heavy (non-hydrogen) atoms. The molecule has 0 bridgehead atoms. The van der Waals surface area contributed by atoms with E-state index in [0.717, 1.165) is 11.3 Å². The van der Waals surface area contributed by atoms with Gasteiger partial charge in [-0.05, 0) is 36.6 Å². The van der Waals surface area contributed by atoms with Crippen molar-refractivity contribution in [2.75, 3.05) is 7.05 Å². The standard InChI is InChI=1S/C9H11N3OS/c1-10-8(9-5-11-12-14-9)4-7-2-3-13-6-7/h2-3,5-6,8,10H,4H2,1H3. The molecule has 0 aromatic carbocycles. The summed E-state index contributed by atoms with van der Waals surface area (Å²) in [5.41, 5.74) is 1.18. The molecule has 74 valence electrons. The van der Waals surface area contributed by atoms with E-state index in [-0.39, 0.29) is 6.04 Å². The van der Waals surface area contributed by atoms with Crippen LogP contribution in [-0.2, 0) is 6.42 Å². The molecule has 2 rings (SSSR count). The van der Waals surface area contributed by atoms with Gasteiger partial charge in [0.05, 0.1) is 23.6 Å². The summed E-state index contributed by atoms with van der Waals surface area (Å²) in [5.74, 6) is 0. The van der Waals surface area contributed by atoms with Crippen molar-refractivity contribution in [3.63, 3.8) is 0 Å². The van der Waals surface area contributed by atoms with Gasteiger partial charge in [-0.25, -0.2) is 0 Å². The van der Waals surface area contributed by atoms with Gasteiger partial charge in [0.15, 0.2) is 0 Å². The summed E-state index contributed by atoms with van der Waals surface area (Å²) in [6, 6.07) is 2.24. The Balaban J connectivity index is 2.08. The highest BCUT2D eigenvalue weighted by Gasteiger charge is 2.12. The zero-order valence-corrected chi connectivity index (χ0v) is 8.62. The first kappa shape index (κ1) is 9.36. The molecule has 0 spiro atoms. The van der Waals surface area contributed by atoms with Gasteiger partial charge in [0.25, 0.3) is 0 Å². The summed E-state index contributed by atoms with van der Waals surface area (Å²) >= 11 is 1.42. The van der Waals surface area contributed by atoms with E-state index in [9.17, 15) is 0 Å². The normalized spacial score (nSPS) is 12.9. The quantitative estimate of drug-likeness (QED) is 0.831. The molecular formula is C9H11N3OS. The number of nitrogens with one attached hydrogen (secondary N) is 1. The van der Waals surface area contributed by atoms with Gasteiger partial charge in [0.2, 0.25) is 0 Å². The Kier molecular flexibility index (Phi) is 2.90. The lowest BCUT2D eigenvalue weighted by molar-refractivity contribution is 0.553. The maximum absolute atomic E-state index is 5.02. The van der Waals surface area contributed by atoms with Crippen LogP contribution >= 0.6 is 11.5 Å². The number of nitrogens with zero attached hydrogens (tertiary/aromatic N) is 2. The third-order valence-corrected chi connectivity index (χ3v) is 2.87. The van der Waals surface area contributed by atoms with Crippen molar-refractivity contribution in [2.45, 2.75) is 12.5 Å². The zero-order valence-electron chi connectivity index (χ0n) is 7.80. The van der Waals surface area contributed by atoms with Crippen LogP contribution in [0.5, 0.6) is 0 Å². The van der Waals surface area contributed by atoms with Gasteiger partial charge >= 0.3 is 0 Å². The van der Waals surface area contributed by atoms with Crippen molar-refractivity contribution in [3.8, 4) is 0 Å². The van der Waals surface area contributed by atoms with Crippen LogP contribution in [0.15, 0.2) is 29.2 Å². The van der Waals surface area contributed by atoms with Crippen molar-refractivity contribution < 1.29 is 4.42 Å². The van der Waals surface area contributed by atoms with Crippen LogP contribution in [0.1, 0.15) is 16.5 Å². The fourth-order valence-corrected chi connectivity index (χ4v) is 1.93. The lowest BCUT2D eigenvalue weighted by Crippen LogP contribution is -2.17. The van der Waals surface area contributed by atoms with Gasteiger partial charge < -0.3 is 9.73 Å². The lowest BCUT2D eigenvalue weighted by atomic mass is 10.1. The van der Waals surface area contributed by atoms with Crippen LogP contribution in [-0.4, -0.2) is 16.6 Å². The Hall–Kier alpha value is -1.20. The largest absolute Gasteiger partial charge is 0.472 e. The van der Waals surface area contributed by atoms with E-state index in [1.807, 2.05) is 13.1 Å². The first-order chi connectivity index (χ1) is 6.90. The number of likely N-dealkylation sites (N-methyl/N-ethyl adjacent to an activating group) is 1. The van der Waals surface area contributed by atoms with Gasteiger partial charge in [-0.1, -0.05) is 4.49 Å². The smallest absolute Gasteiger partial charge is 0.0935 e. The van der Waals surface area contributed by atoms with Gasteiger partial charge in [-0.15, -0.1) is 5.10 Å². The minimum absolute atomic E-state index is 0.271. The highest BCUT2D eigenvalue weighted by molar-refractivity contribution is 7.05. The second-order valence-corrected chi connectivity index (χ2v) is 3.81. The van der Waals surface area contributed by atoms with Gasteiger partial charge in [0.1, 0.15) is 0 Å². The molecule has 2 heterocycles. The van der Waals surface area contributed by atoms with Crippen LogP contribution < -0.4 is 5.32 Å². The monoisotopic (exact) mass is 209 g/mol. The summed E-state index contributed by atoms with van der Waals surface area (Å²) in [5, 5.41) is 7.06. The number of furan rings is 1. The summed E-state index contributed by atoms with van der Waals surface area (Å²) in [7, 11) is 1.93. The Morgan fingerprint density at radius 2 is 2.57 bits per heavy atom. The van der Waals surface area contributed by atoms with E-state index in [2.05, 4.69) is 14.9 Å². The Bertz CT molecular complexity index is 357. The molecule has 0 aliphatic heterocycles. The third kappa shape index (κ3) is 2.00. The summed E-state index contributed by atoms with van der Waals surface area (Å²) in [6.07, 6.45) is 6.15. The molecule has 1 unspecified atom stereocenters. The number of aromatic nitrogens is 2. The summed E-state index contributed by atoms with van der Waals surface area (Å²) < 4.78 is 8.87. The molecule has 0 saturated carbocycles. The molecule has 0 aliphatic carbocycles. The van der Waals surface area contributed by atoms with Crippen molar-refractivity contribution in [3.05, 3.63) is 35.2 Å². The molecule has 1 atom stereocenters. The van der Waals surface area contributed by atoms with E-state index in [4.69, 9.17) is 4.42 Å². The summed E-state index contributed by atoms with van der Waals surface area (Å²) in [6.45, 7) is 0. The van der Waals surface area contributed by atoms with Crippen LogP contribution in [0.2, 0.25) is 0 Å². The van der Waals surface area contributed by atoms with Crippen LogP contribution in [0.3, 0.4) is 0 Å². The predicted octanol–water partition coefficient (Wildman–Crippen LogP) is 1.63. The topological polar surface area (TPSA) is 51.0 Å². The van der Waals surface area contributed by atoms with Gasteiger partial charge in [0, 0.05) is 6.04 Å². The second kappa shape index (κ2) is 4.34. The fourth-order valence-electron chi connectivity index (χ4n) is 1.32. The maximum Gasteiger partial charge on any atom is 0.0935 e. The van der Waals surface area contributed by atoms with Crippen molar-refractivity contribution in [1.29, 1.82) is 0 Å². The minimum Gasteiger partial charge on any atom is -0.472 e. The molecule has 2 aromatic rings. The Morgan fingerprint density at radius 3 is 3.14 bits per heavy atom. The second-order valence-electron chi connectivity index (χ2n) is 3.00. The predicted molar refractivity (Wildman–Crippen MR) is 54.1 cm³/mol. The van der Waals surface area contributed by atoms with Crippen molar-refractivity contribution >= 4 is 11.5 Å². The average Bonchev–Trinajstić information content (AvgIpc) is 2.86. The average molecular weight is 209 g/mol. The Labute approximate surface area is 86.1 Å². The molecular weight excluding hydrogens is 198 g/mol. The highest BCUT2D eigenvalue weighted by atomic mass is 32.1. The fraction of sp³-hybridized carbons (Fsp3) is 0.333. The lowest BCUT2D eigenvalue weighted by Gasteiger charge is -2.11. The van der Waals surface area contributed by atoms with E-state index in [1.165, 1.54) is 17.1 Å². The first-order valence-corrected chi connectivity index (χ1v) is 5.13. The van der Waals surface area contributed by atoms with E-state index >= 15 is 0 Å². The van der Waals surface area contributed by atoms with Crippen molar-refractivity contribution in [1.82, 2.24) is 14.9 Å². The maximum atomic E-state index is 5.02. The molecule has 0 fully saturated rings.